The summed E-state index contributed by atoms with van der Waals surface area (Å²) in [5.41, 5.74) is 2.03. The number of hydrogen-bond donors (Lipinski definition) is 0. The maximum atomic E-state index is 13.2. The van der Waals surface area contributed by atoms with E-state index in [0.717, 1.165) is 36.3 Å². The number of alkyl halides is 2. The number of thiazole rings is 1. The number of carbonyl (C=O) groups is 1. The highest BCUT2D eigenvalue weighted by Gasteiger charge is 2.25. The summed E-state index contributed by atoms with van der Waals surface area (Å²) in [5.74, 6) is 0.528. The molecule has 172 valence electrons. The Morgan fingerprint density at radius 1 is 1.33 bits per heavy atom. The molecule has 33 heavy (non-hydrogen) atoms. The fraction of sp³-hybridized carbons (Fsp3) is 0.409. The molecule has 4 aromatic rings. The van der Waals surface area contributed by atoms with Gasteiger partial charge < -0.3 is 4.90 Å². The van der Waals surface area contributed by atoms with E-state index in [1.165, 1.54) is 10.9 Å². The lowest BCUT2D eigenvalue weighted by molar-refractivity contribution is 0.0984. The van der Waals surface area contributed by atoms with Gasteiger partial charge in [-0.15, -0.1) is 16.4 Å². The van der Waals surface area contributed by atoms with Gasteiger partial charge in [0.2, 0.25) is 5.95 Å². The van der Waals surface area contributed by atoms with Crippen LogP contribution in [0.1, 0.15) is 52.8 Å². The van der Waals surface area contributed by atoms with Gasteiger partial charge in [-0.25, -0.2) is 18.3 Å². The van der Waals surface area contributed by atoms with E-state index in [2.05, 4.69) is 32.0 Å². The van der Waals surface area contributed by atoms with Crippen LogP contribution in [0.2, 0.25) is 0 Å². The molecule has 0 N–H and O–H groups in total. The predicted octanol–water partition coefficient (Wildman–Crippen LogP) is 4.25. The number of rotatable bonds is 6. The summed E-state index contributed by atoms with van der Waals surface area (Å²) in [6.07, 6.45) is 3.02. The number of hydrogen-bond acceptors (Lipinski definition) is 7. The Hall–Kier alpha value is -3.21. The van der Waals surface area contributed by atoms with E-state index in [1.54, 1.807) is 24.7 Å². The van der Waals surface area contributed by atoms with Gasteiger partial charge in [-0.3, -0.25) is 9.48 Å². The summed E-state index contributed by atoms with van der Waals surface area (Å²) in [6, 6.07) is 4.11. The van der Waals surface area contributed by atoms with Crippen LogP contribution in [0, 0.1) is 6.92 Å². The third-order valence-electron chi connectivity index (χ3n) is 6.04. The lowest BCUT2D eigenvalue weighted by Crippen LogP contribution is -2.27. The number of pyridine rings is 1. The van der Waals surface area contributed by atoms with Crippen LogP contribution in [0.5, 0.6) is 0 Å². The molecule has 0 aliphatic carbocycles. The van der Waals surface area contributed by atoms with Gasteiger partial charge in [-0.05, 0) is 44.4 Å². The SMILES string of the molecule is Cc1sc(-c2cnn(C)c2C(=O)Cc2ccn3nc(N4CCC[C@@H]4C)nc3c2)nc1C(F)F. The Bertz CT molecular complexity index is 1340. The van der Waals surface area contributed by atoms with Crippen LogP contribution >= 0.6 is 11.3 Å². The zero-order valence-electron chi connectivity index (χ0n) is 18.5. The summed E-state index contributed by atoms with van der Waals surface area (Å²) in [5, 5.41) is 9.13. The molecule has 0 bridgehead atoms. The molecule has 11 heteroatoms. The van der Waals surface area contributed by atoms with Gasteiger partial charge in [0, 0.05) is 37.1 Å². The number of ketones is 1. The van der Waals surface area contributed by atoms with Crippen molar-refractivity contribution in [3.63, 3.8) is 0 Å². The van der Waals surface area contributed by atoms with Crippen LogP contribution in [-0.4, -0.2) is 47.7 Å². The molecule has 0 aromatic carbocycles. The quantitative estimate of drug-likeness (QED) is 0.391. The molecular weight excluding hydrogens is 448 g/mol. The maximum absolute atomic E-state index is 13.2. The first-order valence-electron chi connectivity index (χ1n) is 10.7. The van der Waals surface area contributed by atoms with Crippen molar-refractivity contribution in [3.8, 4) is 10.6 Å². The summed E-state index contributed by atoms with van der Waals surface area (Å²) in [7, 11) is 1.66. The molecule has 1 saturated heterocycles. The van der Waals surface area contributed by atoms with Crippen LogP contribution in [0.15, 0.2) is 24.5 Å². The van der Waals surface area contributed by atoms with Gasteiger partial charge in [0.05, 0.1) is 11.8 Å². The minimum absolute atomic E-state index is 0.122. The fourth-order valence-corrected chi connectivity index (χ4v) is 5.23. The minimum atomic E-state index is -2.66. The number of halogens is 2. The third-order valence-corrected chi connectivity index (χ3v) is 7.06. The molecule has 1 fully saturated rings. The average Bonchev–Trinajstić information content (AvgIpc) is 3.53. The molecule has 1 aliphatic heterocycles. The smallest absolute Gasteiger partial charge is 0.281 e. The highest BCUT2D eigenvalue weighted by atomic mass is 32.1. The second kappa shape index (κ2) is 8.29. The van der Waals surface area contributed by atoms with Gasteiger partial charge >= 0.3 is 0 Å². The Morgan fingerprint density at radius 2 is 2.15 bits per heavy atom. The summed E-state index contributed by atoms with van der Waals surface area (Å²) in [6.45, 7) is 4.71. The Kier molecular flexibility index (Phi) is 5.43. The van der Waals surface area contributed by atoms with Crippen molar-refractivity contribution < 1.29 is 13.6 Å². The third kappa shape index (κ3) is 3.90. The Labute approximate surface area is 192 Å². The molecule has 1 atom stereocenters. The number of fused-ring (bicyclic) bond motifs is 1. The molecule has 0 unspecified atom stereocenters. The van der Waals surface area contributed by atoms with Gasteiger partial charge in [0.15, 0.2) is 11.4 Å². The van der Waals surface area contributed by atoms with Gasteiger partial charge in [0.25, 0.3) is 6.43 Å². The second-order valence-electron chi connectivity index (χ2n) is 8.33. The zero-order valence-corrected chi connectivity index (χ0v) is 19.3. The molecule has 0 radical (unpaired) electrons. The molecule has 5 rings (SSSR count). The van der Waals surface area contributed by atoms with E-state index in [4.69, 9.17) is 0 Å². The van der Waals surface area contributed by atoms with Crippen LogP contribution in [0.4, 0.5) is 14.7 Å². The minimum Gasteiger partial charge on any atom is -0.337 e. The first kappa shape index (κ1) is 21.6. The molecule has 0 amide bonds. The highest BCUT2D eigenvalue weighted by Crippen LogP contribution is 2.34. The standard InChI is InChI=1S/C22H23F2N7OS/c1-12-5-4-7-30(12)22-26-17-10-14(6-8-31(17)28-22)9-16(32)19-15(11-25-29(19)3)21-27-18(20(23)24)13(2)33-21/h6,8,10-12,20H,4-5,7,9H2,1-3H3/t12-/m0/s1. The number of Topliss-reactive ketones (excluding diaryl/α,β-unsaturated/α-hetero) is 1. The van der Waals surface area contributed by atoms with Gasteiger partial charge in [0.1, 0.15) is 16.4 Å². The number of carbonyl (C=O) groups excluding carboxylic acids is 1. The molecule has 0 saturated carbocycles. The van der Waals surface area contributed by atoms with E-state index in [1.807, 2.05) is 12.1 Å². The van der Waals surface area contributed by atoms with Crippen molar-refractivity contribution in [2.45, 2.75) is 45.6 Å². The number of anilines is 1. The van der Waals surface area contributed by atoms with Crippen molar-refractivity contribution in [1.82, 2.24) is 29.4 Å². The Morgan fingerprint density at radius 3 is 2.85 bits per heavy atom. The first-order chi connectivity index (χ1) is 15.8. The number of aromatic nitrogens is 6. The average molecular weight is 472 g/mol. The van der Waals surface area contributed by atoms with Gasteiger partial charge in [-0.1, -0.05) is 0 Å². The van der Waals surface area contributed by atoms with Crippen LogP contribution in [-0.2, 0) is 13.5 Å². The maximum Gasteiger partial charge on any atom is 0.281 e. The van der Waals surface area contributed by atoms with E-state index < -0.39 is 6.43 Å². The lowest BCUT2D eigenvalue weighted by atomic mass is 10.1. The lowest BCUT2D eigenvalue weighted by Gasteiger charge is -2.18. The molecule has 5 heterocycles. The number of nitrogens with zero attached hydrogens (tertiary/aromatic N) is 7. The summed E-state index contributed by atoms with van der Waals surface area (Å²) >= 11 is 1.14. The number of aryl methyl sites for hydroxylation is 2. The highest BCUT2D eigenvalue weighted by molar-refractivity contribution is 7.15. The molecule has 8 nitrogen and oxygen atoms in total. The van der Waals surface area contributed by atoms with Crippen molar-refractivity contribution in [1.29, 1.82) is 0 Å². The van der Waals surface area contributed by atoms with Gasteiger partial charge in [-0.2, -0.15) is 10.1 Å². The van der Waals surface area contributed by atoms with Crippen LogP contribution < -0.4 is 4.90 Å². The first-order valence-corrected chi connectivity index (χ1v) is 11.6. The second-order valence-corrected chi connectivity index (χ2v) is 9.53. The zero-order chi connectivity index (χ0) is 23.3. The van der Waals surface area contributed by atoms with Crippen molar-refractivity contribution in [3.05, 3.63) is 46.4 Å². The molecule has 0 spiro atoms. The molecular formula is C22H23F2N7OS. The van der Waals surface area contributed by atoms with Crippen molar-refractivity contribution >= 4 is 28.7 Å². The molecule has 4 aromatic heterocycles. The summed E-state index contributed by atoms with van der Waals surface area (Å²) in [4.78, 5) is 24.6. The topological polar surface area (TPSA) is 81.2 Å². The van der Waals surface area contributed by atoms with E-state index in [9.17, 15) is 13.6 Å². The Balaban J connectivity index is 1.42. The van der Waals surface area contributed by atoms with E-state index >= 15 is 0 Å². The normalized spacial score (nSPS) is 16.4. The van der Waals surface area contributed by atoms with Crippen molar-refractivity contribution in [2.75, 3.05) is 11.4 Å². The largest absolute Gasteiger partial charge is 0.337 e. The predicted molar refractivity (Wildman–Crippen MR) is 121 cm³/mol. The van der Waals surface area contributed by atoms with E-state index in [-0.39, 0.29) is 17.9 Å². The van der Waals surface area contributed by atoms with Crippen LogP contribution in [0.25, 0.3) is 16.2 Å². The monoisotopic (exact) mass is 471 g/mol. The van der Waals surface area contributed by atoms with Crippen molar-refractivity contribution in [2.24, 2.45) is 7.05 Å². The summed E-state index contributed by atoms with van der Waals surface area (Å²) < 4.78 is 29.6. The fourth-order valence-electron chi connectivity index (χ4n) is 4.29. The molecule has 1 aliphatic rings. The van der Waals surface area contributed by atoms with E-state index in [0.29, 0.717) is 38.8 Å². The van der Waals surface area contributed by atoms with Crippen LogP contribution in [0.3, 0.4) is 0 Å².